The van der Waals surface area contributed by atoms with Gasteiger partial charge in [-0.25, -0.2) is 4.79 Å². The molecule has 8 nitrogen and oxygen atoms in total. The van der Waals surface area contributed by atoms with Crippen LogP contribution in [0, 0.1) is 6.92 Å². The van der Waals surface area contributed by atoms with Crippen LogP contribution in [0.3, 0.4) is 0 Å². The third kappa shape index (κ3) is 8.25. The lowest BCUT2D eigenvalue weighted by molar-refractivity contribution is -0.139. The Kier molecular flexibility index (Phi) is 11.1. The lowest BCUT2D eigenvalue weighted by atomic mass is 9.93. The predicted octanol–water partition coefficient (Wildman–Crippen LogP) is 5.49. The fraction of sp³-hybridized carbons (Fsp3) is 0.375. The van der Waals surface area contributed by atoms with Crippen LogP contribution in [-0.2, 0) is 27.3 Å². The Morgan fingerprint density at radius 1 is 1.02 bits per heavy atom. The molecule has 1 aliphatic rings. The Balaban J connectivity index is 1.55. The zero-order chi connectivity index (χ0) is 29.2. The van der Waals surface area contributed by atoms with Gasteiger partial charge in [-0.1, -0.05) is 36.4 Å². The molecule has 0 bridgehead atoms. The lowest BCUT2D eigenvalue weighted by Gasteiger charge is -2.20. The highest BCUT2D eigenvalue weighted by Crippen LogP contribution is 2.33. The van der Waals surface area contributed by atoms with Crippen molar-refractivity contribution < 1.29 is 33.6 Å². The zero-order valence-corrected chi connectivity index (χ0v) is 24.5. The number of amides is 1. The molecule has 3 aromatic carbocycles. The van der Waals surface area contributed by atoms with Gasteiger partial charge in [-0.15, -0.1) is 0 Å². The van der Waals surface area contributed by atoms with Crippen LogP contribution in [-0.4, -0.2) is 61.1 Å². The van der Waals surface area contributed by atoms with E-state index in [1.807, 2.05) is 74.7 Å². The van der Waals surface area contributed by atoms with Gasteiger partial charge in [0.05, 0.1) is 19.3 Å². The molecule has 41 heavy (non-hydrogen) atoms. The van der Waals surface area contributed by atoms with E-state index in [9.17, 15) is 14.7 Å². The lowest BCUT2D eigenvalue weighted by Crippen LogP contribution is -2.41. The van der Waals surface area contributed by atoms with E-state index in [2.05, 4.69) is 5.32 Å². The number of fused-ring (bicyclic) bond motifs is 1. The number of aliphatic carboxylic acids is 1. The van der Waals surface area contributed by atoms with E-state index in [0.29, 0.717) is 44.0 Å². The molecule has 0 aromatic heterocycles. The molecule has 2 atom stereocenters. The summed E-state index contributed by atoms with van der Waals surface area (Å²) in [7, 11) is 0. The molecule has 1 heterocycles. The van der Waals surface area contributed by atoms with Crippen molar-refractivity contribution in [3.8, 4) is 22.6 Å². The topological polar surface area (TPSA) is 103 Å². The maximum Gasteiger partial charge on any atom is 0.326 e. The van der Waals surface area contributed by atoms with Crippen LogP contribution in [0.15, 0.2) is 60.7 Å². The quantitative estimate of drug-likeness (QED) is 0.244. The summed E-state index contributed by atoms with van der Waals surface area (Å²) < 4.78 is 23.0. The second kappa shape index (κ2) is 14.9. The molecule has 218 valence electrons. The number of rotatable bonds is 15. The summed E-state index contributed by atoms with van der Waals surface area (Å²) in [5, 5.41) is 12.4. The van der Waals surface area contributed by atoms with Crippen LogP contribution in [0.2, 0.25) is 0 Å². The van der Waals surface area contributed by atoms with Gasteiger partial charge in [0.25, 0.3) is 5.91 Å². The number of carboxylic acids is 1. The molecular formula is C32H37NO7S. The van der Waals surface area contributed by atoms with Gasteiger partial charge in [-0.3, -0.25) is 4.79 Å². The summed E-state index contributed by atoms with van der Waals surface area (Å²) >= 11 is 1.54. The molecule has 9 heteroatoms. The van der Waals surface area contributed by atoms with E-state index in [-0.39, 0.29) is 12.9 Å². The number of carbonyl (C=O) groups is 2. The first-order chi connectivity index (χ1) is 19.9. The Hall–Kier alpha value is -3.53. The molecule has 3 aromatic rings. The summed E-state index contributed by atoms with van der Waals surface area (Å²) in [4.78, 5) is 25.1. The van der Waals surface area contributed by atoms with Crippen molar-refractivity contribution in [2.45, 2.75) is 45.4 Å². The standard InChI is InChI=1S/C32H37NO7S/c1-4-37-19-24(15-22-10-12-29-30(17-22)40-20-39-29)38-18-23-9-11-26(27(16-23)25-8-6-5-7-21(25)2)31(34)33-28(32(35)36)13-14-41-3/h5-12,16-17,24,28H,4,13-15,18-20H2,1-3H3,(H,33,34)(H,35,36)/t24-,28+/m1/s1. The van der Waals surface area contributed by atoms with Gasteiger partial charge >= 0.3 is 5.97 Å². The van der Waals surface area contributed by atoms with Crippen molar-refractivity contribution >= 4 is 23.6 Å². The van der Waals surface area contributed by atoms with Crippen LogP contribution < -0.4 is 14.8 Å². The van der Waals surface area contributed by atoms with E-state index >= 15 is 0 Å². The van der Waals surface area contributed by atoms with Crippen molar-refractivity contribution in [1.82, 2.24) is 5.32 Å². The van der Waals surface area contributed by atoms with Gasteiger partial charge in [0.2, 0.25) is 6.79 Å². The number of carboxylic acid groups (broad SMARTS) is 1. The van der Waals surface area contributed by atoms with E-state index in [1.165, 1.54) is 0 Å². The van der Waals surface area contributed by atoms with Crippen LogP contribution in [0.1, 0.15) is 40.4 Å². The number of thioether (sulfide) groups is 1. The largest absolute Gasteiger partial charge is 0.480 e. The van der Waals surface area contributed by atoms with E-state index in [4.69, 9.17) is 18.9 Å². The molecule has 1 aliphatic heterocycles. The molecule has 0 unspecified atom stereocenters. The number of ether oxygens (including phenoxy) is 4. The third-order valence-corrected chi connectivity index (χ3v) is 7.52. The first-order valence-electron chi connectivity index (χ1n) is 13.7. The Labute approximate surface area is 245 Å². The minimum atomic E-state index is -1.04. The van der Waals surface area contributed by atoms with Crippen molar-refractivity contribution in [2.75, 3.05) is 32.0 Å². The molecule has 0 spiro atoms. The average Bonchev–Trinajstić information content (AvgIpc) is 3.44. The Bertz CT molecular complexity index is 1350. The number of carbonyl (C=O) groups excluding carboxylic acids is 1. The highest BCUT2D eigenvalue weighted by molar-refractivity contribution is 7.98. The fourth-order valence-corrected chi connectivity index (χ4v) is 5.14. The van der Waals surface area contributed by atoms with Gasteiger partial charge in [0.15, 0.2) is 11.5 Å². The summed E-state index contributed by atoms with van der Waals surface area (Å²) in [6, 6.07) is 18.3. The Morgan fingerprint density at radius 2 is 1.80 bits per heavy atom. The van der Waals surface area contributed by atoms with Crippen molar-refractivity contribution in [3.63, 3.8) is 0 Å². The maximum absolute atomic E-state index is 13.4. The van der Waals surface area contributed by atoms with Crippen LogP contribution >= 0.6 is 11.8 Å². The second-order valence-corrected chi connectivity index (χ2v) is 10.8. The molecule has 0 saturated carbocycles. The molecule has 0 aliphatic carbocycles. The van der Waals surface area contributed by atoms with E-state index in [0.717, 1.165) is 39.3 Å². The summed E-state index contributed by atoms with van der Waals surface area (Å²) in [6.07, 6.45) is 2.69. The SMILES string of the molecule is CCOC[C@@H](Cc1ccc2c(c1)OCO2)OCc1ccc(C(=O)N[C@@H](CCSC)C(=O)O)c(-c2ccccc2C)c1. The molecule has 4 rings (SSSR count). The highest BCUT2D eigenvalue weighted by atomic mass is 32.2. The molecule has 0 fully saturated rings. The van der Waals surface area contributed by atoms with Crippen molar-refractivity contribution in [2.24, 2.45) is 0 Å². The van der Waals surface area contributed by atoms with Gasteiger partial charge in [-0.05, 0) is 84.4 Å². The minimum absolute atomic E-state index is 0.201. The molecule has 0 radical (unpaired) electrons. The Morgan fingerprint density at radius 3 is 2.56 bits per heavy atom. The predicted molar refractivity (Wildman–Crippen MR) is 160 cm³/mol. The van der Waals surface area contributed by atoms with Gasteiger partial charge in [0, 0.05) is 18.6 Å². The summed E-state index contributed by atoms with van der Waals surface area (Å²) in [5.41, 5.74) is 5.01. The van der Waals surface area contributed by atoms with Gasteiger partial charge in [0.1, 0.15) is 6.04 Å². The van der Waals surface area contributed by atoms with Crippen LogP contribution in [0.5, 0.6) is 11.5 Å². The van der Waals surface area contributed by atoms with Gasteiger partial charge < -0.3 is 29.4 Å². The highest BCUT2D eigenvalue weighted by Gasteiger charge is 2.23. The molecule has 2 N–H and O–H groups in total. The van der Waals surface area contributed by atoms with Crippen molar-refractivity contribution in [3.05, 3.63) is 82.9 Å². The molecule has 1 amide bonds. The van der Waals surface area contributed by atoms with Crippen LogP contribution in [0.25, 0.3) is 11.1 Å². The van der Waals surface area contributed by atoms with Crippen LogP contribution in [0.4, 0.5) is 0 Å². The number of hydrogen-bond acceptors (Lipinski definition) is 7. The van der Waals surface area contributed by atoms with E-state index < -0.39 is 17.9 Å². The monoisotopic (exact) mass is 579 g/mol. The fourth-order valence-electron chi connectivity index (χ4n) is 4.67. The van der Waals surface area contributed by atoms with Crippen molar-refractivity contribution in [1.29, 1.82) is 0 Å². The zero-order valence-electron chi connectivity index (χ0n) is 23.7. The molecule has 0 saturated heterocycles. The average molecular weight is 580 g/mol. The number of nitrogens with one attached hydrogen (secondary N) is 1. The first-order valence-corrected chi connectivity index (χ1v) is 15.1. The number of benzene rings is 3. The smallest absolute Gasteiger partial charge is 0.326 e. The summed E-state index contributed by atoms with van der Waals surface area (Å²) in [6.45, 7) is 5.49. The first kappa shape index (κ1) is 30.4. The van der Waals surface area contributed by atoms with Gasteiger partial charge in [-0.2, -0.15) is 11.8 Å². The third-order valence-electron chi connectivity index (χ3n) is 6.87. The maximum atomic E-state index is 13.4. The van der Waals surface area contributed by atoms with E-state index in [1.54, 1.807) is 17.8 Å². The molecular weight excluding hydrogens is 542 g/mol. The second-order valence-electron chi connectivity index (χ2n) is 9.82. The number of hydrogen-bond donors (Lipinski definition) is 2. The minimum Gasteiger partial charge on any atom is -0.480 e. The normalized spacial score (nSPS) is 13.5. The summed E-state index contributed by atoms with van der Waals surface area (Å²) in [5.74, 6) is 0.641. The number of aryl methyl sites for hydroxylation is 1.